The molecule has 0 aliphatic carbocycles. The van der Waals surface area contributed by atoms with Crippen LogP contribution in [0.3, 0.4) is 0 Å². The quantitative estimate of drug-likeness (QED) is 0.708. The van der Waals surface area contributed by atoms with Gasteiger partial charge in [-0.1, -0.05) is 29.8 Å². The van der Waals surface area contributed by atoms with Gasteiger partial charge in [0.1, 0.15) is 5.75 Å². The molecule has 0 heterocycles. The maximum Gasteiger partial charge on any atom is 0.241 e. The number of nitrogens with one attached hydrogen (secondary N) is 1. The molecule has 0 fully saturated rings. The number of methoxy groups -OCH3 is 1. The Morgan fingerprint density at radius 3 is 2.20 bits per heavy atom. The molecule has 0 spiro atoms. The molecular weight excluding hydrogens is 354 g/mol. The SMILES string of the molecule is COc1cc(C)c(S(=O)(=O)NCCSCc2ccc(C)cc2)c(C)c1. The molecule has 0 aliphatic heterocycles. The van der Waals surface area contributed by atoms with E-state index in [1.165, 1.54) is 11.1 Å². The number of ether oxygens (including phenoxy) is 1. The molecule has 0 aromatic heterocycles. The summed E-state index contributed by atoms with van der Waals surface area (Å²) in [6.45, 7) is 6.05. The average Bonchev–Trinajstić information content (AvgIpc) is 2.55. The molecule has 1 N–H and O–H groups in total. The molecule has 0 saturated heterocycles. The molecule has 25 heavy (non-hydrogen) atoms. The normalized spacial score (nSPS) is 11.5. The Hall–Kier alpha value is -1.50. The molecule has 0 bridgehead atoms. The van der Waals surface area contributed by atoms with E-state index in [0.29, 0.717) is 28.3 Å². The van der Waals surface area contributed by atoms with Crippen LogP contribution in [0.25, 0.3) is 0 Å². The predicted octanol–water partition coefficient (Wildman–Crippen LogP) is 3.83. The topological polar surface area (TPSA) is 55.4 Å². The summed E-state index contributed by atoms with van der Waals surface area (Å²) >= 11 is 1.72. The van der Waals surface area contributed by atoms with Crippen LogP contribution in [-0.2, 0) is 15.8 Å². The van der Waals surface area contributed by atoms with Crippen LogP contribution in [0.4, 0.5) is 0 Å². The Kier molecular flexibility index (Phi) is 6.93. The minimum absolute atomic E-state index is 0.344. The monoisotopic (exact) mass is 379 g/mol. The van der Waals surface area contributed by atoms with E-state index in [4.69, 9.17) is 4.74 Å². The first kappa shape index (κ1) is 19.8. The summed E-state index contributed by atoms with van der Waals surface area (Å²) in [7, 11) is -1.94. The maximum atomic E-state index is 12.6. The third-order valence-electron chi connectivity index (χ3n) is 3.87. The zero-order valence-corrected chi connectivity index (χ0v) is 16.8. The second kappa shape index (κ2) is 8.74. The van der Waals surface area contributed by atoms with E-state index in [1.54, 1.807) is 44.9 Å². The Balaban J connectivity index is 1.90. The third kappa shape index (κ3) is 5.49. The Morgan fingerprint density at radius 2 is 1.64 bits per heavy atom. The average molecular weight is 380 g/mol. The van der Waals surface area contributed by atoms with Crippen LogP contribution in [0.2, 0.25) is 0 Å². The van der Waals surface area contributed by atoms with Crippen molar-refractivity contribution in [1.82, 2.24) is 4.72 Å². The Labute approximate surface area is 155 Å². The smallest absolute Gasteiger partial charge is 0.241 e. The first-order valence-electron chi connectivity index (χ1n) is 8.11. The lowest BCUT2D eigenvalue weighted by Gasteiger charge is -2.13. The molecule has 2 rings (SSSR count). The molecule has 0 radical (unpaired) electrons. The minimum atomic E-state index is -3.52. The number of sulfonamides is 1. The number of thioether (sulfide) groups is 1. The molecule has 2 aromatic carbocycles. The fraction of sp³-hybridized carbons (Fsp3) is 0.368. The van der Waals surface area contributed by atoms with E-state index in [9.17, 15) is 8.42 Å². The second-order valence-corrected chi connectivity index (χ2v) is 8.84. The summed E-state index contributed by atoms with van der Waals surface area (Å²) in [5.41, 5.74) is 3.88. The van der Waals surface area contributed by atoms with Gasteiger partial charge in [0.15, 0.2) is 0 Å². The van der Waals surface area contributed by atoms with Crippen molar-refractivity contribution in [2.24, 2.45) is 0 Å². The van der Waals surface area contributed by atoms with Gasteiger partial charge in [-0.3, -0.25) is 0 Å². The first-order valence-corrected chi connectivity index (χ1v) is 10.8. The summed E-state index contributed by atoms with van der Waals surface area (Å²) in [6, 6.07) is 11.9. The molecule has 0 saturated carbocycles. The lowest BCUT2D eigenvalue weighted by atomic mass is 10.1. The van der Waals surface area contributed by atoms with Crippen molar-refractivity contribution in [3.8, 4) is 5.75 Å². The van der Waals surface area contributed by atoms with Crippen LogP contribution in [0, 0.1) is 20.8 Å². The third-order valence-corrected chi connectivity index (χ3v) is 6.66. The molecule has 0 aliphatic rings. The molecule has 0 atom stereocenters. The first-order chi connectivity index (χ1) is 11.8. The molecule has 136 valence electrons. The van der Waals surface area contributed by atoms with E-state index >= 15 is 0 Å². The molecule has 2 aromatic rings. The zero-order chi connectivity index (χ0) is 18.4. The maximum absolute atomic E-state index is 12.6. The van der Waals surface area contributed by atoms with E-state index in [2.05, 4.69) is 35.9 Å². The largest absolute Gasteiger partial charge is 0.497 e. The van der Waals surface area contributed by atoms with Gasteiger partial charge in [0.25, 0.3) is 0 Å². The fourth-order valence-corrected chi connectivity index (χ4v) is 5.08. The van der Waals surface area contributed by atoms with Crippen LogP contribution in [0.5, 0.6) is 5.75 Å². The van der Waals surface area contributed by atoms with Gasteiger partial charge in [0.2, 0.25) is 10.0 Å². The van der Waals surface area contributed by atoms with Crippen molar-refractivity contribution in [2.45, 2.75) is 31.4 Å². The summed E-state index contributed by atoms with van der Waals surface area (Å²) in [6.07, 6.45) is 0. The standard InChI is InChI=1S/C19H25NO3S2/c1-14-5-7-17(8-6-14)13-24-10-9-20-25(21,22)19-15(2)11-18(23-4)12-16(19)3/h5-8,11-12,20H,9-10,13H2,1-4H3. The van der Waals surface area contributed by atoms with Gasteiger partial charge in [-0.05, 0) is 49.6 Å². The zero-order valence-electron chi connectivity index (χ0n) is 15.1. The predicted molar refractivity (Wildman–Crippen MR) is 105 cm³/mol. The summed E-state index contributed by atoms with van der Waals surface area (Å²) in [5, 5.41) is 0. The minimum Gasteiger partial charge on any atom is -0.497 e. The van der Waals surface area contributed by atoms with Crippen LogP contribution >= 0.6 is 11.8 Å². The number of hydrogen-bond acceptors (Lipinski definition) is 4. The van der Waals surface area contributed by atoms with Crippen LogP contribution in [0.1, 0.15) is 22.3 Å². The van der Waals surface area contributed by atoms with Crippen molar-refractivity contribution >= 4 is 21.8 Å². The highest BCUT2D eigenvalue weighted by atomic mass is 32.2. The van der Waals surface area contributed by atoms with Crippen molar-refractivity contribution in [3.63, 3.8) is 0 Å². The molecule has 6 heteroatoms. The van der Waals surface area contributed by atoms with Gasteiger partial charge in [-0.15, -0.1) is 0 Å². The van der Waals surface area contributed by atoms with E-state index in [-0.39, 0.29) is 0 Å². The van der Waals surface area contributed by atoms with Gasteiger partial charge in [0.05, 0.1) is 12.0 Å². The van der Waals surface area contributed by atoms with E-state index in [1.807, 2.05) is 0 Å². The highest BCUT2D eigenvalue weighted by molar-refractivity contribution is 7.98. The van der Waals surface area contributed by atoms with E-state index in [0.717, 1.165) is 11.5 Å². The van der Waals surface area contributed by atoms with Crippen LogP contribution in [0.15, 0.2) is 41.3 Å². The number of aryl methyl sites for hydroxylation is 3. The molecule has 0 unspecified atom stereocenters. The molecular formula is C19H25NO3S2. The van der Waals surface area contributed by atoms with Crippen LogP contribution in [-0.4, -0.2) is 27.8 Å². The molecule has 0 amide bonds. The van der Waals surface area contributed by atoms with Gasteiger partial charge in [-0.2, -0.15) is 11.8 Å². The van der Waals surface area contributed by atoms with Gasteiger partial charge >= 0.3 is 0 Å². The summed E-state index contributed by atoms with van der Waals surface area (Å²) in [4.78, 5) is 0.344. The Bertz CT molecular complexity index is 792. The lowest BCUT2D eigenvalue weighted by Crippen LogP contribution is -2.27. The van der Waals surface area contributed by atoms with Gasteiger partial charge in [-0.25, -0.2) is 13.1 Å². The van der Waals surface area contributed by atoms with Crippen molar-refractivity contribution in [1.29, 1.82) is 0 Å². The fourth-order valence-electron chi connectivity index (χ4n) is 2.65. The summed E-state index contributed by atoms with van der Waals surface area (Å²) in [5.74, 6) is 2.27. The number of benzene rings is 2. The number of hydrogen-bond donors (Lipinski definition) is 1. The molecule has 4 nitrogen and oxygen atoms in total. The Morgan fingerprint density at radius 1 is 1.04 bits per heavy atom. The summed E-state index contributed by atoms with van der Waals surface area (Å²) < 4.78 is 33.1. The number of rotatable bonds is 8. The highest BCUT2D eigenvalue weighted by Gasteiger charge is 2.19. The van der Waals surface area contributed by atoms with Gasteiger partial charge in [0, 0.05) is 18.1 Å². The van der Waals surface area contributed by atoms with Crippen LogP contribution < -0.4 is 9.46 Å². The van der Waals surface area contributed by atoms with Crippen molar-refractivity contribution in [2.75, 3.05) is 19.4 Å². The van der Waals surface area contributed by atoms with Crippen molar-refractivity contribution in [3.05, 3.63) is 58.7 Å². The van der Waals surface area contributed by atoms with Crippen molar-refractivity contribution < 1.29 is 13.2 Å². The van der Waals surface area contributed by atoms with Gasteiger partial charge < -0.3 is 4.74 Å². The highest BCUT2D eigenvalue weighted by Crippen LogP contribution is 2.25. The second-order valence-electron chi connectivity index (χ2n) is 6.03. The van der Waals surface area contributed by atoms with E-state index < -0.39 is 10.0 Å². The lowest BCUT2D eigenvalue weighted by molar-refractivity contribution is 0.413.